The number of nitrogens with one attached hydrogen (secondary N) is 1. The number of aromatic amines is 1. The molecule has 0 aliphatic carbocycles. The Morgan fingerprint density at radius 2 is 1.87 bits per heavy atom. The molecular weight excluding hydrogens is 480 g/mol. The molecule has 0 spiro atoms. The minimum Gasteiger partial charge on any atom is -0.497 e. The first-order valence-corrected chi connectivity index (χ1v) is 12.7. The normalized spacial score (nSPS) is 12.3. The number of furan rings is 1. The number of hydrogen-bond acceptors (Lipinski definition) is 7. The fourth-order valence-corrected chi connectivity index (χ4v) is 4.82. The third-order valence-corrected chi connectivity index (χ3v) is 7.02. The van der Waals surface area contributed by atoms with Crippen molar-refractivity contribution in [1.82, 2.24) is 30.1 Å². The van der Waals surface area contributed by atoms with Gasteiger partial charge in [0.1, 0.15) is 18.1 Å². The maximum Gasteiger partial charge on any atom is 0.252 e. The lowest BCUT2D eigenvalue weighted by Crippen LogP contribution is -2.32. The van der Waals surface area contributed by atoms with Crippen molar-refractivity contribution in [2.45, 2.75) is 52.9 Å². The number of hydrogen-bond donors (Lipinski definition) is 1. The molecule has 0 saturated carbocycles. The van der Waals surface area contributed by atoms with Crippen LogP contribution in [0.4, 0.5) is 0 Å². The molecule has 3 heterocycles. The van der Waals surface area contributed by atoms with Crippen LogP contribution in [0.2, 0.25) is 0 Å². The van der Waals surface area contributed by atoms with Gasteiger partial charge in [-0.05, 0) is 95.2 Å². The molecule has 1 N–H and O–H groups in total. The molecule has 1 atom stereocenters. The van der Waals surface area contributed by atoms with Crippen LogP contribution in [-0.4, -0.2) is 37.2 Å². The predicted molar refractivity (Wildman–Crippen MR) is 145 cm³/mol. The first kappa shape index (κ1) is 25.4. The van der Waals surface area contributed by atoms with E-state index in [1.807, 2.05) is 48.5 Å². The van der Waals surface area contributed by atoms with Crippen molar-refractivity contribution in [2.24, 2.45) is 0 Å². The average Bonchev–Trinajstić information content (AvgIpc) is 3.59. The summed E-state index contributed by atoms with van der Waals surface area (Å²) in [7, 11) is 1.66. The summed E-state index contributed by atoms with van der Waals surface area (Å²) in [5, 5.41) is 13.6. The second-order valence-corrected chi connectivity index (χ2v) is 9.60. The molecule has 0 bridgehead atoms. The Labute approximate surface area is 221 Å². The van der Waals surface area contributed by atoms with Crippen LogP contribution in [0.25, 0.3) is 10.9 Å². The van der Waals surface area contributed by atoms with Gasteiger partial charge in [-0.1, -0.05) is 19.1 Å². The fraction of sp³-hybridized carbons (Fsp3) is 0.310. The van der Waals surface area contributed by atoms with Crippen LogP contribution in [0, 0.1) is 13.8 Å². The average molecular weight is 513 g/mol. The van der Waals surface area contributed by atoms with E-state index in [1.165, 1.54) is 5.56 Å². The quantitative estimate of drug-likeness (QED) is 0.283. The molecule has 5 rings (SSSR count). The van der Waals surface area contributed by atoms with Gasteiger partial charge >= 0.3 is 0 Å². The molecule has 2 aromatic carbocycles. The van der Waals surface area contributed by atoms with Gasteiger partial charge in [0.05, 0.1) is 19.4 Å². The van der Waals surface area contributed by atoms with Crippen LogP contribution in [0.5, 0.6) is 5.75 Å². The number of rotatable bonds is 10. The van der Waals surface area contributed by atoms with E-state index < -0.39 is 0 Å². The lowest BCUT2D eigenvalue weighted by Gasteiger charge is -2.30. The van der Waals surface area contributed by atoms with Gasteiger partial charge in [-0.3, -0.25) is 9.69 Å². The zero-order valence-electron chi connectivity index (χ0n) is 22.1. The van der Waals surface area contributed by atoms with E-state index in [9.17, 15) is 4.79 Å². The fourth-order valence-electron chi connectivity index (χ4n) is 4.82. The van der Waals surface area contributed by atoms with Crippen molar-refractivity contribution in [3.63, 3.8) is 0 Å². The number of aryl methyl sites for hydroxylation is 2. The number of nitrogens with zero attached hydrogens (tertiary/aromatic N) is 5. The van der Waals surface area contributed by atoms with E-state index in [-0.39, 0.29) is 11.6 Å². The molecule has 0 radical (unpaired) electrons. The molecular formula is C29H32N6O3. The summed E-state index contributed by atoms with van der Waals surface area (Å²) in [5.74, 6) is 2.29. The Balaban J connectivity index is 1.53. The number of fused-ring (bicyclic) bond motifs is 1. The topological polar surface area (TPSA) is 102 Å². The number of pyridine rings is 1. The van der Waals surface area contributed by atoms with E-state index in [0.717, 1.165) is 45.8 Å². The van der Waals surface area contributed by atoms with Crippen molar-refractivity contribution < 1.29 is 9.15 Å². The smallest absolute Gasteiger partial charge is 0.252 e. The van der Waals surface area contributed by atoms with Crippen molar-refractivity contribution >= 4 is 10.9 Å². The highest BCUT2D eigenvalue weighted by Gasteiger charge is 2.26. The Hall–Kier alpha value is -4.24. The molecule has 9 heteroatoms. The monoisotopic (exact) mass is 512 g/mol. The van der Waals surface area contributed by atoms with Crippen LogP contribution >= 0.6 is 0 Å². The Morgan fingerprint density at radius 1 is 1.08 bits per heavy atom. The number of ether oxygens (including phenoxy) is 1. The van der Waals surface area contributed by atoms with Gasteiger partial charge in [0.25, 0.3) is 5.56 Å². The SMILES string of the molecule is CC[C@H](c1nnnn1Cc1ccco1)N(Cc1ccc(OC)cc1)Cc1cc2cc(C)c(C)cc2[nH]c1=O. The molecule has 5 aromatic rings. The van der Waals surface area contributed by atoms with Gasteiger partial charge in [0.2, 0.25) is 0 Å². The second kappa shape index (κ2) is 11.0. The zero-order valence-corrected chi connectivity index (χ0v) is 22.1. The van der Waals surface area contributed by atoms with E-state index in [2.05, 4.69) is 52.2 Å². The first-order valence-electron chi connectivity index (χ1n) is 12.7. The van der Waals surface area contributed by atoms with Crippen molar-refractivity contribution in [3.05, 3.63) is 105 Å². The van der Waals surface area contributed by atoms with E-state index in [4.69, 9.17) is 9.15 Å². The zero-order chi connectivity index (χ0) is 26.6. The van der Waals surface area contributed by atoms with Gasteiger partial charge < -0.3 is 14.1 Å². The number of aromatic nitrogens is 5. The summed E-state index contributed by atoms with van der Waals surface area (Å²) in [6, 6.07) is 17.7. The molecule has 0 aliphatic rings. The molecule has 38 heavy (non-hydrogen) atoms. The maximum atomic E-state index is 13.2. The largest absolute Gasteiger partial charge is 0.497 e. The Bertz CT molecular complexity index is 1570. The highest BCUT2D eigenvalue weighted by Crippen LogP contribution is 2.28. The van der Waals surface area contributed by atoms with Crippen LogP contribution in [-0.2, 0) is 19.6 Å². The summed E-state index contributed by atoms with van der Waals surface area (Å²) >= 11 is 0. The predicted octanol–water partition coefficient (Wildman–Crippen LogP) is 4.93. The summed E-state index contributed by atoms with van der Waals surface area (Å²) in [6.07, 6.45) is 2.39. The highest BCUT2D eigenvalue weighted by molar-refractivity contribution is 5.80. The van der Waals surface area contributed by atoms with E-state index in [0.29, 0.717) is 25.2 Å². The molecule has 0 fully saturated rings. The maximum absolute atomic E-state index is 13.2. The van der Waals surface area contributed by atoms with Crippen LogP contribution < -0.4 is 10.3 Å². The number of methoxy groups -OCH3 is 1. The summed E-state index contributed by atoms with van der Waals surface area (Å²) in [5.41, 5.74) is 4.88. The minimum atomic E-state index is -0.142. The molecule has 3 aromatic heterocycles. The molecule has 0 aliphatic heterocycles. The lowest BCUT2D eigenvalue weighted by molar-refractivity contribution is 0.161. The second-order valence-electron chi connectivity index (χ2n) is 9.60. The summed E-state index contributed by atoms with van der Waals surface area (Å²) in [4.78, 5) is 18.6. The van der Waals surface area contributed by atoms with Crippen LogP contribution in [0.3, 0.4) is 0 Å². The Morgan fingerprint density at radius 3 is 2.58 bits per heavy atom. The molecule has 0 amide bonds. The van der Waals surface area contributed by atoms with Gasteiger partial charge in [-0.15, -0.1) is 5.10 Å². The summed E-state index contributed by atoms with van der Waals surface area (Å²) < 4.78 is 12.6. The molecule has 9 nitrogen and oxygen atoms in total. The van der Waals surface area contributed by atoms with Crippen molar-refractivity contribution in [1.29, 1.82) is 0 Å². The molecule has 0 unspecified atom stereocenters. The first-order chi connectivity index (χ1) is 18.4. The molecule has 0 saturated heterocycles. The van der Waals surface area contributed by atoms with Gasteiger partial charge in [0.15, 0.2) is 5.82 Å². The molecule has 196 valence electrons. The van der Waals surface area contributed by atoms with E-state index in [1.54, 1.807) is 18.1 Å². The minimum absolute atomic E-state index is 0.0921. The third-order valence-electron chi connectivity index (χ3n) is 7.02. The standard InChI is InChI=1S/C29H32N6O3/c1-5-27(28-31-32-33-35(28)18-25-7-6-12-38-25)34(16-21-8-10-24(37-4)11-9-21)17-23-15-22-13-19(2)20(3)14-26(22)30-29(23)36/h6-15,27H,5,16-18H2,1-4H3,(H,30,36)/t27-/m1/s1. The number of H-pyrrole nitrogens is 1. The van der Waals surface area contributed by atoms with Gasteiger partial charge in [0, 0.05) is 24.2 Å². The highest BCUT2D eigenvalue weighted by atomic mass is 16.5. The number of benzene rings is 2. The Kier molecular flexibility index (Phi) is 7.37. The van der Waals surface area contributed by atoms with Crippen LogP contribution in [0.1, 0.15) is 53.2 Å². The van der Waals surface area contributed by atoms with Crippen molar-refractivity contribution in [3.8, 4) is 5.75 Å². The van der Waals surface area contributed by atoms with E-state index >= 15 is 0 Å². The van der Waals surface area contributed by atoms with Gasteiger partial charge in [-0.2, -0.15) is 0 Å². The van der Waals surface area contributed by atoms with Gasteiger partial charge in [-0.25, -0.2) is 4.68 Å². The summed E-state index contributed by atoms with van der Waals surface area (Å²) in [6.45, 7) is 7.69. The lowest BCUT2D eigenvalue weighted by atomic mass is 10.0. The van der Waals surface area contributed by atoms with Crippen molar-refractivity contribution in [2.75, 3.05) is 7.11 Å². The number of tetrazole rings is 1. The van der Waals surface area contributed by atoms with Crippen LogP contribution in [0.15, 0.2) is 70.1 Å². The third kappa shape index (κ3) is 5.38.